The van der Waals surface area contributed by atoms with E-state index in [1.165, 1.54) is 23.9 Å². The Balaban J connectivity index is 1.48. The van der Waals surface area contributed by atoms with Crippen LogP contribution in [0.3, 0.4) is 0 Å². The Kier molecular flexibility index (Phi) is 4.92. The molecule has 168 valence electrons. The zero-order valence-corrected chi connectivity index (χ0v) is 19.4. The number of halogens is 1. The Morgan fingerprint density at radius 1 is 1.31 bits per heavy atom. The molecule has 32 heavy (non-hydrogen) atoms. The minimum Gasteiger partial charge on any atom is -0.309 e. The molecule has 0 saturated carbocycles. The quantitative estimate of drug-likeness (QED) is 0.548. The third-order valence-corrected chi connectivity index (χ3v) is 7.36. The molecule has 0 fully saturated rings. The number of carbonyl (C=O) groups excluding carboxylic acids is 1. The van der Waals surface area contributed by atoms with Gasteiger partial charge in [-0.3, -0.25) is 14.2 Å². The normalized spacial score (nSPS) is 20.5. The van der Waals surface area contributed by atoms with E-state index in [1.807, 2.05) is 27.7 Å². The highest BCUT2D eigenvalue weighted by Gasteiger charge is 2.34. The molecule has 0 spiro atoms. The molecule has 0 saturated heterocycles. The van der Waals surface area contributed by atoms with E-state index in [0.717, 1.165) is 24.1 Å². The summed E-state index contributed by atoms with van der Waals surface area (Å²) in [7, 11) is 0. The second-order valence-corrected chi connectivity index (χ2v) is 10.6. The predicted octanol–water partition coefficient (Wildman–Crippen LogP) is 3.89. The van der Waals surface area contributed by atoms with Gasteiger partial charge < -0.3 is 4.90 Å². The van der Waals surface area contributed by atoms with E-state index in [-0.39, 0.29) is 41.3 Å². The summed E-state index contributed by atoms with van der Waals surface area (Å²) in [5, 5.41) is 5.49. The summed E-state index contributed by atoms with van der Waals surface area (Å²) in [4.78, 5) is 33.2. The number of thioether (sulfide) groups is 1. The average molecular weight is 456 g/mol. The molecule has 0 radical (unpaired) electrons. The van der Waals surface area contributed by atoms with E-state index in [1.54, 1.807) is 26.4 Å². The Bertz CT molecular complexity index is 1290. The van der Waals surface area contributed by atoms with Crippen molar-refractivity contribution in [2.24, 2.45) is 0 Å². The molecule has 5 rings (SSSR count). The van der Waals surface area contributed by atoms with Crippen molar-refractivity contribution in [1.29, 1.82) is 0 Å². The lowest BCUT2D eigenvalue weighted by Crippen LogP contribution is -2.43. The van der Waals surface area contributed by atoms with Crippen molar-refractivity contribution >= 4 is 34.4 Å². The number of hydrogen-bond donors (Lipinski definition) is 0. The molecule has 0 bridgehead atoms. The average Bonchev–Trinajstić information content (AvgIpc) is 3.33. The SMILES string of the molecule is CC1CCc2cc(F)ccc2N1C(=O)CC1CSc2nc3c(cnn3C(C)(C)C)c(=O)n21. The Morgan fingerprint density at radius 3 is 2.84 bits per heavy atom. The first kappa shape index (κ1) is 21.2. The summed E-state index contributed by atoms with van der Waals surface area (Å²) in [6, 6.07) is 4.35. The fourth-order valence-corrected chi connectivity index (χ4v) is 5.80. The lowest BCUT2D eigenvalue weighted by atomic mass is 9.95. The fourth-order valence-electron chi connectivity index (χ4n) is 4.67. The minimum absolute atomic E-state index is 0.0244. The maximum atomic E-state index is 13.7. The van der Waals surface area contributed by atoms with Gasteiger partial charge in [-0.2, -0.15) is 5.10 Å². The highest BCUT2D eigenvalue weighted by molar-refractivity contribution is 7.99. The maximum Gasteiger partial charge on any atom is 0.265 e. The van der Waals surface area contributed by atoms with Gasteiger partial charge in [0, 0.05) is 23.9 Å². The van der Waals surface area contributed by atoms with Gasteiger partial charge in [0.15, 0.2) is 10.8 Å². The van der Waals surface area contributed by atoms with E-state index in [0.29, 0.717) is 21.9 Å². The van der Waals surface area contributed by atoms with Crippen LogP contribution in [0.25, 0.3) is 11.0 Å². The molecular weight excluding hydrogens is 429 g/mol. The van der Waals surface area contributed by atoms with E-state index >= 15 is 0 Å². The number of rotatable bonds is 2. The van der Waals surface area contributed by atoms with Gasteiger partial charge in [0.2, 0.25) is 5.91 Å². The number of benzene rings is 1. The van der Waals surface area contributed by atoms with Crippen molar-refractivity contribution in [3.8, 4) is 0 Å². The van der Waals surface area contributed by atoms with E-state index < -0.39 is 0 Å². The standard InChI is InChI=1S/C23H26FN5O2S/c1-13-5-6-14-9-15(24)7-8-18(14)27(13)19(30)10-16-12-32-22-26-20-17(21(31)28(16)22)11-25-29(20)23(2,3)4/h7-9,11,13,16H,5-6,10,12H2,1-4H3. The van der Waals surface area contributed by atoms with Crippen LogP contribution in [0.15, 0.2) is 34.3 Å². The number of amides is 1. The molecule has 0 N–H and O–H groups in total. The van der Waals surface area contributed by atoms with Gasteiger partial charge in [-0.05, 0) is 64.3 Å². The molecule has 2 unspecified atom stereocenters. The first-order valence-electron chi connectivity index (χ1n) is 10.9. The number of carbonyl (C=O) groups is 1. The summed E-state index contributed by atoms with van der Waals surface area (Å²) in [5.74, 6) is 0.271. The van der Waals surface area contributed by atoms with E-state index in [2.05, 4.69) is 5.10 Å². The number of fused-ring (bicyclic) bond motifs is 3. The largest absolute Gasteiger partial charge is 0.309 e. The predicted molar refractivity (Wildman–Crippen MR) is 123 cm³/mol. The van der Waals surface area contributed by atoms with Crippen LogP contribution in [0.5, 0.6) is 0 Å². The van der Waals surface area contributed by atoms with Crippen LogP contribution in [0, 0.1) is 5.82 Å². The highest BCUT2D eigenvalue weighted by Crippen LogP contribution is 2.37. The molecule has 2 aliphatic heterocycles. The van der Waals surface area contributed by atoms with Crippen molar-refractivity contribution in [2.75, 3.05) is 10.7 Å². The molecule has 2 aliphatic rings. The topological polar surface area (TPSA) is 73.0 Å². The highest BCUT2D eigenvalue weighted by atomic mass is 32.2. The van der Waals surface area contributed by atoms with Gasteiger partial charge in [-0.15, -0.1) is 0 Å². The number of anilines is 1. The Morgan fingerprint density at radius 2 is 2.09 bits per heavy atom. The Hall–Kier alpha value is -2.68. The molecule has 2 atom stereocenters. The first-order valence-corrected chi connectivity index (χ1v) is 11.9. The van der Waals surface area contributed by atoms with Gasteiger partial charge in [0.05, 0.1) is 17.8 Å². The van der Waals surface area contributed by atoms with Crippen molar-refractivity contribution in [1.82, 2.24) is 19.3 Å². The molecule has 1 aromatic carbocycles. The fraction of sp³-hybridized carbons (Fsp3) is 0.478. The summed E-state index contributed by atoms with van der Waals surface area (Å²) in [6.45, 7) is 8.07. The van der Waals surface area contributed by atoms with Gasteiger partial charge in [0.25, 0.3) is 5.56 Å². The van der Waals surface area contributed by atoms with Crippen LogP contribution in [0.2, 0.25) is 0 Å². The number of nitrogens with zero attached hydrogens (tertiary/aromatic N) is 5. The van der Waals surface area contributed by atoms with Crippen LogP contribution in [0.1, 0.15) is 52.1 Å². The van der Waals surface area contributed by atoms with Crippen LogP contribution in [0.4, 0.5) is 10.1 Å². The zero-order valence-electron chi connectivity index (χ0n) is 18.6. The van der Waals surface area contributed by atoms with Crippen molar-refractivity contribution < 1.29 is 9.18 Å². The van der Waals surface area contributed by atoms with Gasteiger partial charge >= 0.3 is 0 Å². The molecule has 4 heterocycles. The second kappa shape index (κ2) is 7.43. The summed E-state index contributed by atoms with van der Waals surface area (Å²) in [5.41, 5.74) is 1.75. The molecule has 1 amide bonds. The second-order valence-electron chi connectivity index (χ2n) is 9.63. The minimum atomic E-state index is -0.296. The summed E-state index contributed by atoms with van der Waals surface area (Å²) in [6.07, 6.45) is 3.30. The zero-order chi connectivity index (χ0) is 22.8. The molecular formula is C23H26FN5O2S. The van der Waals surface area contributed by atoms with Crippen LogP contribution < -0.4 is 10.5 Å². The van der Waals surface area contributed by atoms with Crippen LogP contribution in [-0.4, -0.2) is 37.0 Å². The summed E-state index contributed by atoms with van der Waals surface area (Å²) >= 11 is 1.50. The number of aromatic nitrogens is 4. The van der Waals surface area contributed by atoms with Crippen molar-refractivity contribution in [3.63, 3.8) is 0 Å². The van der Waals surface area contributed by atoms with Crippen LogP contribution >= 0.6 is 11.8 Å². The molecule has 9 heteroatoms. The lowest BCUT2D eigenvalue weighted by Gasteiger charge is -2.36. The number of hydrogen-bond acceptors (Lipinski definition) is 5. The lowest BCUT2D eigenvalue weighted by molar-refractivity contribution is -0.119. The third kappa shape index (κ3) is 3.34. The first-order chi connectivity index (χ1) is 15.1. The maximum absolute atomic E-state index is 13.7. The van der Waals surface area contributed by atoms with Gasteiger partial charge in [0.1, 0.15) is 11.2 Å². The van der Waals surface area contributed by atoms with Gasteiger partial charge in [-0.25, -0.2) is 14.1 Å². The molecule has 0 aliphatic carbocycles. The summed E-state index contributed by atoms with van der Waals surface area (Å²) < 4.78 is 17.1. The smallest absolute Gasteiger partial charge is 0.265 e. The van der Waals surface area contributed by atoms with Crippen molar-refractivity contribution in [3.05, 3.63) is 46.1 Å². The number of aryl methyl sites for hydroxylation is 1. The molecule has 3 aromatic rings. The Labute approximate surface area is 189 Å². The monoisotopic (exact) mass is 455 g/mol. The van der Waals surface area contributed by atoms with Gasteiger partial charge in [-0.1, -0.05) is 11.8 Å². The van der Waals surface area contributed by atoms with E-state index in [9.17, 15) is 14.0 Å². The molecule has 7 nitrogen and oxygen atoms in total. The van der Waals surface area contributed by atoms with E-state index in [4.69, 9.17) is 4.98 Å². The molecule has 2 aromatic heterocycles. The van der Waals surface area contributed by atoms with Crippen LogP contribution in [-0.2, 0) is 16.8 Å². The van der Waals surface area contributed by atoms with Crippen molar-refractivity contribution in [2.45, 2.75) is 69.7 Å². The third-order valence-electron chi connectivity index (χ3n) is 6.26.